The van der Waals surface area contributed by atoms with Crippen LogP contribution in [-0.4, -0.2) is 7.11 Å². The van der Waals surface area contributed by atoms with E-state index in [0.717, 1.165) is 27.0 Å². The van der Waals surface area contributed by atoms with E-state index < -0.39 is 0 Å². The summed E-state index contributed by atoms with van der Waals surface area (Å²) in [4.78, 5) is 0. The lowest BCUT2D eigenvalue weighted by Crippen LogP contribution is -2.08. The topological polar surface area (TPSA) is 45.0 Å². The maximum atomic E-state index is 9.00. The number of methoxy groups -OCH3 is 1. The van der Waals surface area contributed by atoms with Crippen molar-refractivity contribution in [1.29, 1.82) is 5.26 Å². The Hall–Kier alpha value is -1.99. The summed E-state index contributed by atoms with van der Waals surface area (Å²) in [6, 6.07) is 14.0. The van der Waals surface area contributed by atoms with Crippen LogP contribution in [0.15, 0.2) is 40.9 Å². The van der Waals surface area contributed by atoms with Gasteiger partial charge in [0.05, 0.1) is 23.2 Å². The second kappa shape index (κ2) is 6.64. The lowest BCUT2D eigenvalue weighted by Gasteiger charge is -2.18. The highest BCUT2D eigenvalue weighted by atomic mass is 79.9. The van der Waals surface area contributed by atoms with Crippen molar-refractivity contribution in [1.82, 2.24) is 0 Å². The maximum Gasteiger partial charge on any atom is 0.133 e. The molecule has 0 fully saturated rings. The van der Waals surface area contributed by atoms with Crippen LogP contribution in [0.5, 0.6) is 5.75 Å². The summed E-state index contributed by atoms with van der Waals surface area (Å²) >= 11 is 3.50. The highest BCUT2D eigenvalue weighted by Crippen LogP contribution is 2.30. The van der Waals surface area contributed by atoms with Crippen molar-refractivity contribution in [3.8, 4) is 11.8 Å². The van der Waals surface area contributed by atoms with E-state index in [1.807, 2.05) is 43.3 Å². The van der Waals surface area contributed by atoms with E-state index in [-0.39, 0.29) is 6.04 Å². The summed E-state index contributed by atoms with van der Waals surface area (Å²) in [6.45, 7) is 4.12. The van der Waals surface area contributed by atoms with Gasteiger partial charge in [0.2, 0.25) is 0 Å². The Morgan fingerprint density at radius 2 is 2.00 bits per heavy atom. The van der Waals surface area contributed by atoms with Gasteiger partial charge >= 0.3 is 0 Å². The monoisotopic (exact) mass is 344 g/mol. The molecule has 0 aliphatic heterocycles. The van der Waals surface area contributed by atoms with Crippen LogP contribution >= 0.6 is 15.9 Å². The zero-order valence-electron chi connectivity index (χ0n) is 12.3. The molecule has 2 rings (SSSR count). The fourth-order valence-electron chi connectivity index (χ4n) is 2.12. The zero-order chi connectivity index (χ0) is 15.4. The molecule has 1 N–H and O–H groups in total. The van der Waals surface area contributed by atoms with Crippen molar-refractivity contribution in [3.05, 3.63) is 57.6 Å². The Labute approximate surface area is 133 Å². The van der Waals surface area contributed by atoms with Gasteiger partial charge in [0, 0.05) is 11.7 Å². The summed E-state index contributed by atoms with van der Waals surface area (Å²) in [5.41, 5.74) is 3.90. The maximum absolute atomic E-state index is 9.00. The van der Waals surface area contributed by atoms with Crippen LogP contribution in [0, 0.1) is 18.3 Å². The molecule has 0 bridgehead atoms. The standard InChI is InChI=1S/C17H17BrN2O/c1-11-4-5-13(10-19)8-16(11)20-12(2)14-6-7-17(21-3)15(18)9-14/h4-9,12,20H,1-3H3. The minimum absolute atomic E-state index is 0.125. The molecule has 0 saturated carbocycles. The van der Waals surface area contributed by atoms with Gasteiger partial charge in [0.25, 0.3) is 0 Å². The lowest BCUT2D eigenvalue weighted by molar-refractivity contribution is 0.412. The molecular formula is C17H17BrN2O. The number of rotatable bonds is 4. The molecule has 1 unspecified atom stereocenters. The summed E-state index contributed by atoms with van der Waals surface area (Å²) < 4.78 is 6.17. The van der Waals surface area contributed by atoms with Gasteiger partial charge in [0.15, 0.2) is 0 Å². The van der Waals surface area contributed by atoms with Crippen LogP contribution in [0.4, 0.5) is 5.69 Å². The summed E-state index contributed by atoms with van der Waals surface area (Å²) in [5, 5.41) is 12.5. The Balaban J connectivity index is 2.24. The Kier molecular flexibility index (Phi) is 4.87. The molecule has 3 nitrogen and oxygen atoms in total. The smallest absolute Gasteiger partial charge is 0.133 e. The second-order valence-corrected chi connectivity index (χ2v) is 5.76. The SMILES string of the molecule is COc1ccc(C(C)Nc2cc(C#N)ccc2C)cc1Br. The molecule has 1 atom stereocenters. The number of nitrogens with zero attached hydrogens (tertiary/aromatic N) is 1. The van der Waals surface area contributed by atoms with Gasteiger partial charge in [-0.3, -0.25) is 0 Å². The third kappa shape index (κ3) is 3.56. The van der Waals surface area contributed by atoms with Gasteiger partial charge in [0.1, 0.15) is 5.75 Å². The highest BCUT2D eigenvalue weighted by molar-refractivity contribution is 9.10. The number of hydrogen-bond acceptors (Lipinski definition) is 3. The number of halogens is 1. The van der Waals surface area contributed by atoms with E-state index in [9.17, 15) is 0 Å². The number of aryl methyl sites for hydroxylation is 1. The van der Waals surface area contributed by atoms with Crippen LogP contribution < -0.4 is 10.1 Å². The quantitative estimate of drug-likeness (QED) is 0.865. The van der Waals surface area contributed by atoms with E-state index in [1.165, 1.54) is 0 Å². The van der Waals surface area contributed by atoms with Crippen molar-refractivity contribution < 1.29 is 4.74 Å². The van der Waals surface area contributed by atoms with Gasteiger partial charge in [-0.1, -0.05) is 12.1 Å². The largest absolute Gasteiger partial charge is 0.496 e. The average molecular weight is 345 g/mol. The fraction of sp³-hybridized carbons (Fsp3) is 0.235. The molecule has 0 aliphatic carbocycles. The number of anilines is 1. The molecule has 2 aromatic carbocycles. The summed E-state index contributed by atoms with van der Waals surface area (Å²) in [6.07, 6.45) is 0. The van der Waals surface area contributed by atoms with Crippen LogP contribution in [0.2, 0.25) is 0 Å². The number of nitriles is 1. The number of ether oxygens (including phenoxy) is 1. The first-order chi connectivity index (χ1) is 10.0. The average Bonchev–Trinajstić information content (AvgIpc) is 2.49. The van der Waals surface area contributed by atoms with Crippen molar-refractivity contribution in [2.75, 3.05) is 12.4 Å². The van der Waals surface area contributed by atoms with Gasteiger partial charge in [-0.25, -0.2) is 0 Å². The van der Waals surface area contributed by atoms with Crippen LogP contribution in [0.3, 0.4) is 0 Å². The first kappa shape index (κ1) is 15.4. The molecule has 0 radical (unpaired) electrons. The van der Waals surface area contributed by atoms with Crippen LogP contribution in [0.1, 0.15) is 29.7 Å². The Morgan fingerprint density at radius 3 is 2.62 bits per heavy atom. The zero-order valence-corrected chi connectivity index (χ0v) is 13.9. The molecular weight excluding hydrogens is 328 g/mol. The van der Waals surface area contributed by atoms with Crippen molar-refractivity contribution in [3.63, 3.8) is 0 Å². The third-order valence-electron chi connectivity index (χ3n) is 3.41. The molecule has 0 aliphatic rings. The van der Waals surface area contributed by atoms with Gasteiger partial charge in [-0.05, 0) is 65.2 Å². The van der Waals surface area contributed by atoms with Gasteiger partial charge in [-0.15, -0.1) is 0 Å². The minimum Gasteiger partial charge on any atom is -0.496 e. The summed E-state index contributed by atoms with van der Waals surface area (Å²) in [7, 11) is 1.65. The second-order valence-electron chi connectivity index (χ2n) is 4.90. The van der Waals surface area contributed by atoms with E-state index in [2.05, 4.69) is 34.2 Å². The van der Waals surface area contributed by atoms with Gasteiger partial charge < -0.3 is 10.1 Å². The molecule has 0 aromatic heterocycles. The fourth-order valence-corrected chi connectivity index (χ4v) is 2.67. The van der Waals surface area contributed by atoms with Crippen molar-refractivity contribution in [2.45, 2.75) is 19.9 Å². The van der Waals surface area contributed by atoms with Crippen molar-refractivity contribution >= 4 is 21.6 Å². The van der Waals surface area contributed by atoms with Gasteiger partial charge in [-0.2, -0.15) is 5.26 Å². The first-order valence-electron chi connectivity index (χ1n) is 6.66. The van der Waals surface area contributed by atoms with Crippen LogP contribution in [0.25, 0.3) is 0 Å². The first-order valence-corrected chi connectivity index (χ1v) is 7.45. The van der Waals surface area contributed by atoms with Crippen LogP contribution in [-0.2, 0) is 0 Å². The summed E-state index contributed by atoms with van der Waals surface area (Å²) in [5.74, 6) is 0.814. The molecule has 4 heteroatoms. The highest BCUT2D eigenvalue weighted by Gasteiger charge is 2.10. The Bertz CT molecular complexity index is 692. The molecule has 0 saturated heterocycles. The van der Waals surface area contributed by atoms with E-state index in [1.54, 1.807) is 7.11 Å². The Morgan fingerprint density at radius 1 is 1.24 bits per heavy atom. The minimum atomic E-state index is 0.125. The lowest BCUT2D eigenvalue weighted by atomic mass is 10.1. The number of benzene rings is 2. The predicted octanol–water partition coefficient (Wildman–Crippen LogP) is 4.81. The van der Waals surface area contributed by atoms with E-state index in [0.29, 0.717) is 5.56 Å². The molecule has 108 valence electrons. The van der Waals surface area contributed by atoms with E-state index >= 15 is 0 Å². The van der Waals surface area contributed by atoms with Crippen molar-refractivity contribution in [2.24, 2.45) is 0 Å². The van der Waals surface area contributed by atoms with E-state index in [4.69, 9.17) is 10.00 Å². The predicted molar refractivity (Wildman–Crippen MR) is 88.6 cm³/mol. The molecule has 21 heavy (non-hydrogen) atoms. The molecule has 2 aromatic rings. The molecule has 0 amide bonds. The molecule has 0 spiro atoms. The third-order valence-corrected chi connectivity index (χ3v) is 4.03. The number of hydrogen-bond donors (Lipinski definition) is 1. The number of nitrogens with one attached hydrogen (secondary N) is 1. The normalized spacial score (nSPS) is 11.6. The molecule has 0 heterocycles.